The molecule has 24 heavy (non-hydrogen) atoms. The molecule has 2 aromatic carbocycles. The highest BCUT2D eigenvalue weighted by Crippen LogP contribution is 2.24. The lowest BCUT2D eigenvalue weighted by atomic mass is 10.2. The van der Waals surface area contributed by atoms with E-state index < -0.39 is 12.3 Å². The van der Waals surface area contributed by atoms with E-state index in [1.807, 2.05) is 6.07 Å². The van der Waals surface area contributed by atoms with Crippen LogP contribution in [-0.4, -0.2) is 18.2 Å². The van der Waals surface area contributed by atoms with Crippen LogP contribution in [0.2, 0.25) is 0 Å². The number of benzene rings is 2. The lowest BCUT2D eigenvalue weighted by molar-refractivity contribution is -0.274. The third-order valence-corrected chi connectivity index (χ3v) is 3.06. The van der Waals surface area contributed by atoms with Gasteiger partial charge in [0.2, 0.25) is 5.90 Å². The predicted molar refractivity (Wildman–Crippen MR) is 80.2 cm³/mol. The first-order chi connectivity index (χ1) is 11.4. The zero-order chi connectivity index (χ0) is 17.2. The van der Waals surface area contributed by atoms with Crippen LogP contribution in [0.4, 0.5) is 13.2 Å². The number of carbonyl (C=O) groups is 1. The molecule has 0 aliphatic carbocycles. The summed E-state index contributed by atoms with van der Waals surface area (Å²) in [6.45, 7) is 0. The molecule has 122 valence electrons. The maximum absolute atomic E-state index is 12.1. The number of halogens is 3. The van der Waals surface area contributed by atoms with Crippen molar-refractivity contribution in [2.45, 2.75) is 6.36 Å². The second kappa shape index (κ2) is 6.19. The number of alkyl halides is 3. The van der Waals surface area contributed by atoms with Crippen molar-refractivity contribution in [2.24, 2.45) is 4.99 Å². The van der Waals surface area contributed by atoms with Gasteiger partial charge in [0.25, 0.3) is 0 Å². The van der Waals surface area contributed by atoms with Gasteiger partial charge in [-0.3, -0.25) is 0 Å². The van der Waals surface area contributed by atoms with Crippen LogP contribution in [0.25, 0.3) is 6.08 Å². The molecule has 0 aromatic heterocycles. The van der Waals surface area contributed by atoms with Crippen LogP contribution >= 0.6 is 0 Å². The van der Waals surface area contributed by atoms with Crippen molar-refractivity contribution in [2.75, 3.05) is 0 Å². The van der Waals surface area contributed by atoms with Crippen LogP contribution in [0.5, 0.6) is 5.75 Å². The van der Waals surface area contributed by atoms with E-state index in [9.17, 15) is 18.0 Å². The lowest BCUT2D eigenvalue weighted by Gasteiger charge is -2.08. The van der Waals surface area contributed by atoms with Crippen molar-refractivity contribution in [1.82, 2.24) is 0 Å². The largest absolute Gasteiger partial charge is 0.573 e. The van der Waals surface area contributed by atoms with Crippen LogP contribution in [0.3, 0.4) is 0 Å². The van der Waals surface area contributed by atoms with Gasteiger partial charge in [0.1, 0.15) is 5.75 Å². The van der Waals surface area contributed by atoms with Crippen molar-refractivity contribution >= 4 is 17.9 Å². The quantitative estimate of drug-likeness (QED) is 0.632. The van der Waals surface area contributed by atoms with Gasteiger partial charge >= 0.3 is 12.3 Å². The number of hydrogen-bond acceptors (Lipinski definition) is 4. The fraction of sp³-hybridized carbons (Fsp3) is 0.0588. The molecule has 0 bridgehead atoms. The first kappa shape index (κ1) is 15.8. The van der Waals surface area contributed by atoms with Gasteiger partial charge in [0.15, 0.2) is 5.70 Å². The molecule has 3 rings (SSSR count). The molecule has 0 N–H and O–H groups in total. The molecule has 2 aromatic rings. The summed E-state index contributed by atoms with van der Waals surface area (Å²) in [6, 6.07) is 14.0. The molecule has 0 unspecified atom stereocenters. The average molecular weight is 333 g/mol. The summed E-state index contributed by atoms with van der Waals surface area (Å²) in [4.78, 5) is 15.9. The fourth-order valence-electron chi connectivity index (χ4n) is 2.04. The Hall–Kier alpha value is -3.09. The van der Waals surface area contributed by atoms with Crippen LogP contribution in [0.15, 0.2) is 65.3 Å². The smallest absolute Gasteiger partial charge is 0.406 e. The Morgan fingerprint density at radius 2 is 1.67 bits per heavy atom. The maximum Gasteiger partial charge on any atom is 0.573 e. The van der Waals surface area contributed by atoms with Gasteiger partial charge in [-0.1, -0.05) is 30.3 Å². The van der Waals surface area contributed by atoms with E-state index in [0.717, 1.165) is 12.1 Å². The molecule has 0 spiro atoms. The molecule has 1 heterocycles. The van der Waals surface area contributed by atoms with Crippen LogP contribution in [0, 0.1) is 0 Å². The van der Waals surface area contributed by atoms with Gasteiger partial charge in [-0.2, -0.15) is 0 Å². The molecule has 1 aliphatic heterocycles. The van der Waals surface area contributed by atoms with Crippen molar-refractivity contribution < 1.29 is 27.4 Å². The maximum atomic E-state index is 12.1. The molecule has 0 saturated heterocycles. The molecular formula is C17H10F3NO3. The summed E-state index contributed by atoms with van der Waals surface area (Å²) in [7, 11) is 0. The van der Waals surface area contributed by atoms with Crippen molar-refractivity contribution in [3.8, 4) is 5.75 Å². The first-order valence-electron chi connectivity index (χ1n) is 6.84. The summed E-state index contributed by atoms with van der Waals surface area (Å²) < 4.78 is 45.2. The summed E-state index contributed by atoms with van der Waals surface area (Å²) in [5.41, 5.74) is 1.22. The van der Waals surface area contributed by atoms with Gasteiger partial charge in [0, 0.05) is 5.56 Å². The van der Waals surface area contributed by atoms with Gasteiger partial charge in [-0.05, 0) is 35.9 Å². The van der Waals surface area contributed by atoms with Crippen LogP contribution < -0.4 is 4.74 Å². The molecule has 7 heteroatoms. The Labute approximate surface area is 134 Å². The van der Waals surface area contributed by atoms with Gasteiger partial charge in [-0.15, -0.1) is 13.2 Å². The topological polar surface area (TPSA) is 47.9 Å². The highest BCUT2D eigenvalue weighted by molar-refractivity contribution is 6.12. The molecular weight excluding hydrogens is 323 g/mol. The number of cyclic esters (lactones) is 1. The molecule has 0 fully saturated rings. The minimum Gasteiger partial charge on any atom is -0.406 e. The van der Waals surface area contributed by atoms with Crippen LogP contribution in [-0.2, 0) is 9.53 Å². The number of nitrogens with zero attached hydrogens (tertiary/aromatic N) is 1. The molecule has 0 amide bonds. The summed E-state index contributed by atoms with van der Waals surface area (Å²) in [6.07, 6.45) is -3.32. The van der Waals surface area contributed by atoms with Gasteiger partial charge in [-0.25, -0.2) is 9.79 Å². The van der Waals surface area contributed by atoms with Gasteiger partial charge in [0.05, 0.1) is 0 Å². The second-order valence-corrected chi connectivity index (χ2v) is 4.82. The monoisotopic (exact) mass is 333 g/mol. The number of carbonyl (C=O) groups excluding carboxylic acids is 1. The van der Waals surface area contributed by atoms with Gasteiger partial charge < -0.3 is 9.47 Å². The Morgan fingerprint density at radius 1 is 1.00 bits per heavy atom. The minimum atomic E-state index is -4.75. The van der Waals surface area contributed by atoms with E-state index >= 15 is 0 Å². The highest BCUT2D eigenvalue weighted by atomic mass is 19.4. The number of rotatable bonds is 3. The van der Waals surface area contributed by atoms with E-state index in [0.29, 0.717) is 11.1 Å². The average Bonchev–Trinajstić information content (AvgIpc) is 2.90. The van der Waals surface area contributed by atoms with E-state index in [1.54, 1.807) is 24.3 Å². The van der Waals surface area contributed by atoms with Crippen LogP contribution in [0.1, 0.15) is 11.1 Å². The molecule has 1 aliphatic rings. The highest BCUT2D eigenvalue weighted by Gasteiger charge is 2.31. The number of hydrogen-bond donors (Lipinski definition) is 0. The second-order valence-electron chi connectivity index (χ2n) is 4.82. The Morgan fingerprint density at radius 3 is 2.29 bits per heavy atom. The molecule has 0 atom stereocenters. The standard InChI is InChI=1S/C17H10F3NO3/c18-17(19,20)24-13-8-6-11(7-9-13)10-14-16(22)23-15(21-14)12-4-2-1-3-5-12/h1-10H. The fourth-order valence-corrected chi connectivity index (χ4v) is 2.04. The predicted octanol–water partition coefficient (Wildman–Crippen LogP) is 3.93. The molecule has 0 radical (unpaired) electrons. The van der Waals surface area contributed by atoms with E-state index in [2.05, 4.69) is 9.73 Å². The van der Waals surface area contributed by atoms with E-state index in [4.69, 9.17) is 4.74 Å². The van der Waals surface area contributed by atoms with E-state index in [1.165, 1.54) is 18.2 Å². The third-order valence-electron chi connectivity index (χ3n) is 3.06. The van der Waals surface area contributed by atoms with Crippen molar-refractivity contribution in [3.05, 3.63) is 71.4 Å². The number of aliphatic imine (C=N–C) groups is 1. The summed E-state index contributed by atoms with van der Waals surface area (Å²) >= 11 is 0. The normalized spacial score (nSPS) is 16.0. The number of ether oxygens (including phenoxy) is 2. The summed E-state index contributed by atoms with van der Waals surface area (Å²) in [5, 5.41) is 0. The van der Waals surface area contributed by atoms with Crippen molar-refractivity contribution in [1.29, 1.82) is 0 Å². The zero-order valence-corrected chi connectivity index (χ0v) is 12.1. The molecule has 0 saturated carbocycles. The lowest BCUT2D eigenvalue weighted by Crippen LogP contribution is -2.16. The van der Waals surface area contributed by atoms with Crippen molar-refractivity contribution in [3.63, 3.8) is 0 Å². The Kier molecular flexibility index (Phi) is 4.07. The first-order valence-corrected chi connectivity index (χ1v) is 6.84. The SMILES string of the molecule is O=C1OC(c2ccccc2)=NC1=Cc1ccc(OC(F)(F)F)cc1. The van der Waals surface area contributed by atoms with E-state index in [-0.39, 0.29) is 17.3 Å². The molecule has 4 nitrogen and oxygen atoms in total. The minimum absolute atomic E-state index is 0.0679. The summed E-state index contributed by atoms with van der Waals surface area (Å²) in [5.74, 6) is -0.777. The zero-order valence-electron chi connectivity index (χ0n) is 12.1. The third kappa shape index (κ3) is 3.81. The number of esters is 1. The Bertz CT molecular complexity index is 809. The Balaban J connectivity index is 1.81.